The minimum absolute atomic E-state index is 0.0972. The van der Waals surface area contributed by atoms with Crippen molar-refractivity contribution in [2.24, 2.45) is 11.7 Å². The Labute approximate surface area is 92.6 Å². The fourth-order valence-electron chi connectivity index (χ4n) is 1.43. The van der Waals surface area contributed by atoms with Gasteiger partial charge in [0.25, 0.3) is 0 Å². The Kier molecular flexibility index (Phi) is 4.08. The van der Waals surface area contributed by atoms with Crippen LogP contribution in [0.2, 0.25) is 0 Å². The molecule has 78 valence electrons. The highest BCUT2D eigenvalue weighted by atomic mass is 79.9. The van der Waals surface area contributed by atoms with Crippen LogP contribution in [0.3, 0.4) is 0 Å². The zero-order chi connectivity index (χ0) is 10.7. The standard InChI is InChI=1S/C11H15BrFN/c1-7(2)5-11(14)9-6-8(13)3-4-10(9)12/h3-4,6-7,11H,5,14H2,1-2H3/t11-/m1/s1. The normalized spacial score (nSPS) is 13.3. The summed E-state index contributed by atoms with van der Waals surface area (Å²) in [4.78, 5) is 0. The lowest BCUT2D eigenvalue weighted by molar-refractivity contribution is 0.506. The molecule has 1 nitrogen and oxygen atoms in total. The molecule has 1 rings (SSSR count). The number of nitrogens with two attached hydrogens (primary N) is 1. The molecule has 2 N–H and O–H groups in total. The van der Waals surface area contributed by atoms with Crippen molar-refractivity contribution >= 4 is 15.9 Å². The van der Waals surface area contributed by atoms with E-state index in [9.17, 15) is 4.39 Å². The molecule has 0 aliphatic carbocycles. The highest BCUT2D eigenvalue weighted by molar-refractivity contribution is 9.10. The van der Waals surface area contributed by atoms with E-state index in [0.29, 0.717) is 5.92 Å². The van der Waals surface area contributed by atoms with Crippen LogP contribution in [-0.2, 0) is 0 Å². The molecule has 0 heterocycles. The lowest BCUT2D eigenvalue weighted by atomic mass is 9.98. The molecule has 0 unspecified atom stereocenters. The molecule has 1 aromatic rings. The van der Waals surface area contributed by atoms with Gasteiger partial charge in [-0.15, -0.1) is 0 Å². The summed E-state index contributed by atoms with van der Waals surface area (Å²) in [6.07, 6.45) is 0.863. The van der Waals surface area contributed by atoms with Gasteiger partial charge in [-0.3, -0.25) is 0 Å². The first-order chi connectivity index (χ1) is 6.50. The van der Waals surface area contributed by atoms with Crippen LogP contribution in [0, 0.1) is 11.7 Å². The Morgan fingerprint density at radius 2 is 2.07 bits per heavy atom. The zero-order valence-corrected chi connectivity index (χ0v) is 10.0. The largest absolute Gasteiger partial charge is 0.324 e. The quantitative estimate of drug-likeness (QED) is 0.882. The van der Waals surface area contributed by atoms with Gasteiger partial charge in [0.2, 0.25) is 0 Å². The summed E-state index contributed by atoms with van der Waals surface area (Å²) in [5.74, 6) is 0.280. The van der Waals surface area contributed by atoms with E-state index in [-0.39, 0.29) is 11.9 Å². The van der Waals surface area contributed by atoms with Crippen LogP contribution in [0.1, 0.15) is 31.9 Å². The maximum absolute atomic E-state index is 13.0. The third-order valence-corrected chi connectivity index (χ3v) is 2.81. The highest BCUT2D eigenvalue weighted by Gasteiger charge is 2.12. The summed E-state index contributed by atoms with van der Waals surface area (Å²) in [6.45, 7) is 4.21. The minimum atomic E-state index is -0.234. The van der Waals surface area contributed by atoms with Gasteiger partial charge in [-0.25, -0.2) is 4.39 Å². The van der Waals surface area contributed by atoms with Crippen LogP contribution in [0.5, 0.6) is 0 Å². The van der Waals surface area contributed by atoms with Gasteiger partial charge in [0.15, 0.2) is 0 Å². The van der Waals surface area contributed by atoms with E-state index in [1.807, 2.05) is 0 Å². The second kappa shape index (κ2) is 4.89. The molecule has 0 aromatic heterocycles. The first kappa shape index (κ1) is 11.7. The van der Waals surface area contributed by atoms with E-state index in [0.717, 1.165) is 16.5 Å². The summed E-state index contributed by atoms with van der Waals surface area (Å²) >= 11 is 3.37. The smallest absolute Gasteiger partial charge is 0.123 e. The number of halogens is 2. The van der Waals surface area contributed by atoms with Gasteiger partial charge in [0.05, 0.1) is 0 Å². The average Bonchev–Trinajstić information content (AvgIpc) is 2.08. The Morgan fingerprint density at radius 3 is 2.64 bits per heavy atom. The first-order valence-electron chi connectivity index (χ1n) is 4.71. The number of hydrogen-bond donors (Lipinski definition) is 1. The van der Waals surface area contributed by atoms with Crippen molar-refractivity contribution in [2.75, 3.05) is 0 Å². The van der Waals surface area contributed by atoms with Gasteiger partial charge < -0.3 is 5.73 Å². The molecule has 0 bridgehead atoms. The molecule has 1 atom stereocenters. The maximum Gasteiger partial charge on any atom is 0.123 e. The number of benzene rings is 1. The molecule has 14 heavy (non-hydrogen) atoms. The van der Waals surface area contributed by atoms with Crippen LogP contribution in [0.4, 0.5) is 4.39 Å². The lowest BCUT2D eigenvalue weighted by Crippen LogP contribution is -2.13. The van der Waals surface area contributed by atoms with E-state index in [2.05, 4.69) is 29.8 Å². The van der Waals surface area contributed by atoms with Crippen molar-refractivity contribution in [2.45, 2.75) is 26.3 Å². The summed E-state index contributed by atoms with van der Waals surface area (Å²) in [7, 11) is 0. The summed E-state index contributed by atoms with van der Waals surface area (Å²) in [6, 6.07) is 4.53. The second-order valence-corrected chi connectivity index (χ2v) is 4.76. The van der Waals surface area contributed by atoms with E-state index < -0.39 is 0 Å². The SMILES string of the molecule is CC(C)C[C@@H](N)c1cc(F)ccc1Br. The summed E-state index contributed by atoms with van der Waals surface area (Å²) in [5, 5.41) is 0. The third kappa shape index (κ3) is 3.07. The molecule has 0 amide bonds. The molecule has 0 saturated carbocycles. The molecule has 0 saturated heterocycles. The van der Waals surface area contributed by atoms with Gasteiger partial charge in [0, 0.05) is 10.5 Å². The molecule has 0 fully saturated rings. The molecule has 0 spiro atoms. The van der Waals surface area contributed by atoms with Crippen LogP contribution in [0.15, 0.2) is 22.7 Å². The molecule has 0 aliphatic heterocycles. The van der Waals surface area contributed by atoms with E-state index in [1.165, 1.54) is 12.1 Å². The van der Waals surface area contributed by atoms with Crippen molar-refractivity contribution in [1.29, 1.82) is 0 Å². The van der Waals surface area contributed by atoms with Crippen molar-refractivity contribution in [3.8, 4) is 0 Å². The monoisotopic (exact) mass is 259 g/mol. The molecular weight excluding hydrogens is 245 g/mol. The molecule has 1 aromatic carbocycles. The lowest BCUT2D eigenvalue weighted by Gasteiger charge is -2.15. The van der Waals surface area contributed by atoms with Crippen molar-refractivity contribution in [1.82, 2.24) is 0 Å². The molecule has 3 heteroatoms. The van der Waals surface area contributed by atoms with Crippen molar-refractivity contribution < 1.29 is 4.39 Å². The van der Waals surface area contributed by atoms with E-state index >= 15 is 0 Å². The Balaban J connectivity index is 2.88. The van der Waals surface area contributed by atoms with Crippen molar-refractivity contribution in [3.63, 3.8) is 0 Å². The van der Waals surface area contributed by atoms with E-state index in [1.54, 1.807) is 6.07 Å². The Hall–Kier alpha value is -0.410. The van der Waals surface area contributed by atoms with Crippen LogP contribution < -0.4 is 5.73 Å². The predicted molar refractivity (Wildman–Crippen MR) is 60.5 cm³/mol. The fraction of sp³-hybridized carbons (Fsp3) is 0.455. The molecule has 0 radical (unpaired) electrons. The Morgan fingerprint density at radius 1 is 1.43 bits per heavy atom. The van der Waals surface area contributed by atoms with Gasteiger partial charge >= 0.3 is 0 Å². The van der Waals surface area contributed by atoms with Gasteiger partial charge in [-0.2, -0.15) is 0 Å². The molecular formula is C11H15BrFN. The molecule has 0 aliphatic rings. The zero-order valence-electron chi connectivity index (χ0n) is 8.43. The topological polar surface area (TPSA) is 26.0 Å². The fourth-order valence-corrected chi connectivity index (χ4v) is 1.97. The van der Waals surface area contributed by atoms with Crippen molar-refractivity contribution in [3.05, 3.63) is 34.1 Å². The minimum Gasteiger partial charge on any atom is -0.324 e. The highest BCUT2D eigenvalue weighted by Crippen LogP contribution is 2.26. The van der Waals surface area contributed by atoms with Gasteiger partial charge in [0.1, 0.15) is 5.82 Å². The number of rotatable bonds is 3. The second-order valence-electron chi connectivity index (χ2n) is 3.90. The van der Waals surface area contributed by atoms with E-state index in [4.69, 9.17) is 5.73 Å². The third-order valence-electron chi connectivity index (χ3n) is 2.08. The maximum atomic E-state index is 13.0. The number of hydrogen-bond acceptors (Lipinski definition) is 1. The van der Waals surface area contributed by atoms with Crippen LogP contribution in [0.25, 0.3) is 0 Å². The predicted octanol–water partition coefficient (Wildman–Crippen LogP) is 3.63. The first-order valence-corrected chi connectivity index (χ1v) is 5.50. The summed E-state index contributed by atoms with van der Waals surface area (Å²) in [5.41, 5.74) is 6.82. The van der Waals surface area contributed by atoms with Crippen LogP contribution >= 0.6 is 15.9 Å². The summed E-state index contributed by atoms with van der Waals surface area (Å²) < 4.78 is 13.9. The van der Waals surface area contributed by atoms with Crippen LogP contribution in [-0.4, -0.2) is 0 Å². The average molecular weight is 260 g/mol. The van der Waals surface area contributed by atoms with Gasteiger partial charge in [-0.05, 0) is 36.1 Å². The van der Waals surface area contributed by atoms with Gasteiger partial charge in [-0.1, -0.05) is 29.8 Å². The Bertz CT molecular complexity index is 312.